The number of nitrogens with zero attached hydrogens (tertiary/aromatic N) is 2. The lowest BCUT2D eigenvalue weighted by molar-refractivity contribution is 0.0972. The first-order valence-corrected chi connectivity index (χ1v) is 9.31. The Balaban J connectivity index is 1.70. The van der Waals surface area contributed by atoms with Crippen LogP contribution in [0.25, 0.3) is 0 Å². The average molecular weight is 374 g/mol. The highest BCUT2D eigenvalue weighted by Gasteiger charge is 2.24. The molecule has 0 unspecified atom stereocenters. The predicted molar refractivity (Wildman–Crippen MR) is 110 cm³/mol. The fourth-order valence-electron chi connectivity index (χ4n) is 3.33. The SMILES string of the molecule is COc1ccc(Nc2nc3c(c(Nc4cccc(C)c4)n2)C(=O)CCC3)cc1. The van der Waals surface area contributed by atoms with Crippen molar-refractivity contribution in [1.29, 1.82) is 0 Å². The van der Waals surface area contributed by atoms with Crippen molar-refractivity contribution in [1.82, 2.24) is 9.97 Å². The van der Waals surface area contributed by atoms with Crippen LogP contribution < -0.4 is 15.4 Å². The molecule has 142 valence electrons. The highest BCUT2D eigenvalue weighted by atomic mass is 16.5. The maximum atomic E-state index is 12.5. The van der Waals surface area contributed by atoms with E-state index in [1.54, 1.807) is 7.11 Å². The van der Waals surface area contributed by atoms with Crippen LogP contribution in [-0.2, 0) is 6.42 Å². The van der Waals surface area contributed by atoms with E-state index in [4.69, 9.17) is 4.74 Å². The smallest absolute Gasteiger partial charge is 0.229 e. The molecule has 2 N–H and O–H groups in total. The summed E-state index contributed by atoms with van der Waals surface area (Å²) >= 11 is 0. The van der Waals surface area contributed by atoms with Gasteiger partial charge in [0.1, 0.15) is 11.6 Å². The molecule has 6 heteroatoms. The normalized spacial score (nSPS) is 13.0. The van der Waals surface area contributed by atoms with E-state index in [9.17, 15) is 4.79 Å². The summed E-state index contributed by atoms with van der Waals surface area (Å²) < 4.78 is 5.19. The summed E-state index contributed by atoms with van der Waals surface area (Å²) in [6, 6.07) is 15.5. The molecule has 0 saturated heterocycles. The fourth-order valence-corrected chi connectivity index (χ4v) is 3.33. The van der Waals surface area contributed by atoms with Crippen molar-refractivity contribution in [3.63, 3.8) is 0 Å². The topological polar surface area (TPSA) is 76.1 Å². The molecule has 0 radical (unpaired) electrons. The van der Waals surface area contributed by atoms with Gasteiger partial charge in [0.15, 0.2) is 5.78 Å². The minimum atomic E-state index is 0.0902. The Labute approximate surface area is 164 Å². The van der Waals surface area contributed by atoms with Crippen LogP contribution in [0.2, 0.25) is 0 Å². The summed E-state index contributed by atoms with van der Waals surface area (Å²) in [6.07, 6.45) is 2.11. The van der Waals surface area contributed by atoms with Gasteiger partial charge in [0, 0.05) is 17.8 Å². The second kappa shape index (κ2) is 7.68. The molecule has 0 atom stereocenters. The number of benzene rings is 2. The Morgan fingerprint density at radius 1 is 0.964 bits per heavy atom. The predicted octanol–water partition coefficient (Wildman–Crippen LogP) is 4.80. The van der Waals surface area contributed by atoms with Gasteiger partial charge in [-0.2, -0.15) is 4.98 Å². The lowest BCUT2D eigenvalue weighted by atomic mass is 9.95. The summed E-state index contributed by atoms with van der Waals surface area (Å²) in [4.78, 5) is 21.8. The molecule has 1 aromatic heterocycles. The van der Waals surface area contributed by atoms with E-state index in [-0.39, 0.29) is 5.78 Å². The highest BCUT2D eigenvalue weighted by molar-refractivity contribution is 6.03. The number of carbonyl (C=O) groups excluding carboxylic acids is 1. The summed E-state index contributed by atoms with van der Waals surface area (Å²) in [6.45, 7) is 2.03. The molecule has 28 heavy (non-hydrogen) atoms. The first kappa shape index (κ1) is 18.0. The molecular formula is C22H22N4O2. The third-order valence-corrected chi connectivity index (χ3v) is 4.71. The summed E-state index contributed by atoms with van der Waals surface area (Å²) in [5.74, 6) is 1.89. The molecule has 6 nitrogen and oxygen atoms in total. The molecule has 0 aliphatic heterocycles. The number of methoxy groups -OCH3 is 1. The molecule has 1 aliphatic carbocycles. The minimum absolute atomic E-state index is 0.0902. The Kier molecular flexibility index (Phi) is 4.93. The molecule has 1 heterocycles. The van der Waals surface area contributed by atoms with Crippen molar-refractivity contribution in [2.24, 2.45) is 0 Å². The molecule has 0 bridgehead atoms. The number of Topliss-reactive ketones (excluding diaryl/α,β-unsaturated/α-hetero) is 1. The van der Waals surface area contributed by atoms with Gasteiger partial charge in [-0.1, -0.05) is 12.1 Å². The van der Waals surface area contributed by atoms with Crippen LogP contribution in [-0.4, -0.2) is 22.9 Å². The van der Waals surface area contributed by atoms with E-state index in [0.717, 1.165) is 41.2 Å². The van der Waals surface area contributed by atoms with Crippen LogP contribution in [0, 0.1) is 6.92 Å². The number of aromatic nitrogens is 2. The number of hydrogen-bond donors (Lipinski definition) is 2. The van der Waals surface area contributed by atoms with Crippen molar-refractivity contribution in [3.05, 3.63) is 65.4 Å². The molecular weight excluding hydrogens is 352 g/mol. The van der Waals surface area contributed by atoms with Gasteiger partial charge in [-0.25, -0.2) is 4.98 Å². The van der Waals surface area contributed by atoms with Crippen LogP contribution >= 0.6 is 0 Å². The zero-order valence-electron chi connectivity index (χ0n) is 16.0. The number of fused-ring (bicyclic) bond motifs is 1. The molecule has 1 aliphatic rings. The van der Waals surface area contributed by atoms with Gasteiger partial charge in [-0.3, -0.25) is 4.79 Å². The van der Waals surface area contributed by atoms with Crippen LogP contribution in [0.5, 0.6) is 5.75 Å². The van der Waals surface area contributed by atoms with Crippen molar-refractivity contribution >= 4 is 28.9 Å². The number of ketones is 1. The van der Waals surface area contributed by atoms with Crippen molar-refractivity contribution < 1.29 is 9.53 Å². The van der Waals surface area contributed by atoms with E-state index in [1.165, 1.54) is 0 Å². The number of rotatable bonds is 5. The van der Waals surface area contributed by atoms with Crippen LogP contribution in [0.15, 0.2) is 48.5 Å². The minimum Gasteiger partial charge on any atom is -0.497 e. The molecule has 0 saturated carbocycles. The Bertz CT molecular complexity index is 1020. The van der Waals surface area contributed by atoms with Crippen molar-refractivity contribution in [2.75, 3.05) is 17.7 Å². The summed E-state index contributed by atoms with van der Waals surface area (Å²) in [7, 11) is 1.63. The highest BCUT2D eigenvalue weighted by Crippen LogP contribution is 2.30. The second-order valence-electron chi connectivity index (χ2n) is 6.84. The van der Waals surface area contributed by atoms with Gasteiger partial charge < -0.3 is 15.4 Å². The van der Waals surface area contributed by atoms with Gasteiger partial charge >= 0.3 is 0 Å². The zero-order valence-corrected chi connectivity index (χ0v) is 16.0. The second-order valence-corrected chi connectivity index (χ2v) is 6.84. The Hall–Kier alpha value is -3.41. The molecule has 2 aromatic carbocycles. The van der Waals surface area contributed by atoms with Gasteiger partial charge in [-0.15, -0.1) is 0 Å². The third kappa shape index (κ3) is 3.81. The number of hydrogen-bond acceptors (Lipinski definition) is 6. The van der Waals surface area contributed by atoms with E-state index >= 15 is 0 Å². The van der Waals surface area contributed by atoms with E-state index in [0.29, 0.717) is 23.8 Å². The largest absolute Gasteiger partial charge is 0.497 e. The van der Waals surface area contributed by atoms with Gasteiger partial charge in [0.05, 0.1) is 18.4 Å². The maximum absolute atomic E-state index is 12.5. The lowest BCUT2D eigenvalue weighted by Gasteiger charge is -2.19. The number of nitrogens with one attached hydrogen (secondary N) is 2. The van der Waals surface area contributed by atoms with E-state index < -0.39 is 0 Å². The Morgan fingerprint density at radius 2 is 1.79 bits per heavy atom. The number of ether oxygens (including phenoxy) is 1. The maximum Gasteiger partial charge on any atom is 0.229 e. The quantitative estimate of drug-likeness (QED) is 0.668. The van der Waals surface area contributed by atoms with Crippen molar-refractivity contribution in [2.45, 2.75) is 26.2 Å². The monoisotopic (exact) mass is 374 g/mol. The molecule has 0 spiro atoms. The molecule has 0 fully saturated rings. The van der Waals surface area contributed by atoms with E-state index in [2.05, 4.69) is 20.6 Å². The van der Waals surface area contributed by atoms with Crippen LogP contribution in [0.1, 0.15) is 34.5 Å². The first-order chi connectivity index (χ1) is 13.6. The third-order valence-electron chi connectivity index (χ3n) is 4.71. The van der Waals surface area contributed by atoms with Gasteiger partial charge in [0.2, 0.25) is 5.95 Å². The van der Waals surface area contributed by atoms with Crippen LogP contribution in [0.3, 0.4) is 0 Å². The van der Waals surface area contributed by atoms with Gasteiger partial charge in [-0.05, 0) is 61.7 Å². The first-order valence-electron chi connectivity index (χ1n) is 9.31. The number of anilines is 4. The van der Waals surface area contributed by atoms with Crippen LogP contribution in [0.4, 0.5) is 23.1 Å². The number of carbonyl (C=O) groups is 1. The average Bonchev–Trinajstić information content (AvgIpc) is 2.68. The Morgan fingerprint density at radius 3 is 2.54 bits per heavy atom. The zero-order chi connectivity index (χ0) is 19.5. The lowest BCUT2D eigenvalue weighted by Crippen LogP contribution is -2.17. The standard InChI is InChI=1S/C22H22N4O2/c1-14-5-3-6-16(13-14)23-21-20-18(7-4-8-19(20)27)25-22(26-21)24-15-9-11-17(28-2)12-10-15/h3,5-6,9-13H,4,7-8H2,1-2H3,(H2,23,24,25,26). The van der Waals surface area contributed by atoms with Gasteiger partial charge in [0.25, 0.3) is 0 Å². The molecule has 0 amide bonds. The molecule has 4 rings (SSSR count). The summed E-state index contributed by atoms with van der Waals surface area (Å²) in [5, 5.41) is 6.54. The molecule has 3 aromatic rings. The van der Waals surface area contributed by atoms with Crippen molar-refractivity contribution in [3.8, 4) is 5.75 Å². The summed E-state index contributed by atoms with van der Waals surface area (Å²) in [5.41, 5.74) is 4.28. The number of aryl methyl sites for hydroxylation is 2. The fraction of sp³-hybridized carbons (Fsp3) is 0.227. The van der Waals surface area contributed by atoms with E-state index in [1.807, 2.05) is 55.5 Å².